The molecule has 1 aromatic carbocycles. The Morgan fingerprint density at radius 1 is 1.38 bits per heavy atom. The summed E-state index contributed by atoms with van der Waals surface area (Å²) < 4.78 is 4.60. The number of hydrogen-bond acceptors (Lipinski definition) is 5. The third kappa shape index (κ3) is 8.00. The summed E-state index contributed by atoms with van der Waals surface area (Å²) in [4.78, 5) is 33.7. The van der Waals surface area contributed by atoms with Crippen LogP contribution in [0.1, 0.15) is 24.2 Å². The van der Waals surface area contributed by atoms with E-state index < -0.39 is 11.9 Å². The normalized spacial score (nSPS) is 9.62. The van der Waals surface area contributed by atoms with Crippen molar-refractivity contribution in [2.24, 2.45) is 0 Å². The molecule has 8 heteroatoms. The quantitative estimate of drug-likeness (QED) is 0.179. The smallest absolute Gasteiger partial charge is 0.465 e. The molecule has 1 rings (SSSR count). The molecule has 24 heavy (non-hydrogen) atoms. The number of esters is 1. The summed E-state index contributed by atoms with van der Waals surface area (Å²) in [7, 11) is 1.26. The Morgan fingerprint density at radius 2 is 2.00 bits per heavy atom. The Labute approximate surface area is 170 Å². The number of carbonyl (C=O) groups is 2. The summed E-state index contributed by atoms with van der Waals surface area (Å²) in [6.07, 6.45) is 2.69. The molecule has 0 aromatic heterocycles. The van der Waals surface area contributed by atoms with Gasteiger partial charge in [0.15, 0.2) is 0 Å². The van der Waals surface area contributed by atoms with Crippen LogP contribution in [0.4, 0.5) is 5.69 Å². The van der Waals surface area contributed by atoms with Gasteiger partial charge >= 0.3 is 37.1 Å². The zero-order valence-corrected chi connectivity index (χ0v) is 18.7. The molecule has 0 aliphatic heterocycles. The number of nitrogens with one attached hydrogen (secondary N) is 2. The van der Waals surface area contributed by atoms with E-state index in [1.807, 2.05) is 0 Å². The summed E-state index contributed by atoms with van der Waals surface area (Å²) in [6.45, 7) is 7.11. The van der Waals surface area contributed by atoms with Crippen LogP contribution in [-0.2, 0) is 14.3 Å². The summed E-state index contributed by atoms with van der Waals surface area (Å²) in [5, 5.41) is 5.49. The van der Waals surface area contributed by atoms with Crippen molar-refractivity contribution in [3.63, 3.8) is 0 Å². The molecule has 0 saturated heterocycles. The molecule has 0 aliphatic rings. The van der Waals surface area contributed by atoms with Gasteiger partial charge in [-0.2, -0.15) is 6.92 Å². The van der Waals surface area contributed by atoms with E-state index in [2.05, 4.69) is 22.3 Å². The Bertz CT molecular complexity index is 591. The number of carbonyl (C=O) groups excluding carboxylic acids is 3. The average molecular weight is 577 g/mol. The third-order valence-corrected chi connectivity index (χ3v) is 2.78. The number of methoxy groups -OCH3 is 1. The summed E-state index contributed by atoms with van der Waals surface area (Å²) in [6, 6.07) is 4.45. The first-order chi connectivity index (χ1) is 11.0. The number of amides is 1. The third-order valence-electron chi connectivity index (χ3n) is 2.45. The van der Waals surface area contributed by atoms with Crippen LogP contribution in [0.5, 0.6) is 0 Å². The van der Waals surface area contributed by atoms with E-state index in [9.17, 15) is 14.4 Å². The van der Waals surface area contributed by atoms with Crippen LogP contribution < -0.4 is 10.6 Å². The second-order valence-electron chi connectivity index (χ2n) is 3.85. The molecule has 0 saturated carbocycles. The largest absolute Gasteiger partial charge is 2.00 e. The molecule has 0 unspecified atom stereocenters. The fraction of sp³-hybridized carbons (Fsp3) is 0.250. The van der Waals surface area contributed by atoms with Gasteiger partial charge in [-0.25, -0.2) is 4.79 Å². The molecule has 0 atom stereocenters. The van der Waals surface area contributed by atoms with Crippen LogP contribution in [0, 0.1) is 38.0 Å². The van der Waals surface area contributed by atoms with Gasteiger partial charge in [-0.1, -0.05) is 23.4 Å². The van der Waals surface area contributed by atoms with Crippen LogP contribution in [-0.4, -0.2) is 31.8 Å². The van der Waals surface area contributed by atoms with Crippen molar-refractivity contribution in [3.05, 3.63) is 47.5 Å². The maximum atomic E-state index is 11.5. The fourth-order valence-corrected chi connectivity index (χ4v) is 1.60. The molecule has 128 valence electrons. The number of benzene rings is 1. The van der Waals surface area contributed by atoms with Gasteiger partial charge in [0, 0.05) is 12.2 Å². The zero-order valence-electron chi connectivity index (χ0n) is 13.7. The molecular weight excluding hydrogens is 558 g/mol. The molecular formula is C16H19ClN2O4U. The number of rotatable bonds is 6. The minimum Gasteiger partial charge on any atom is -0.465 e. The molecule has 2 N–H and O–H groups in total. The average Bonchev–Trinajstić information content (AvgIpc) is 2.58. The minimum atomic E-state index is -0.555. The van der Waals surface area contributed by atoms with Gasteiger partial charge in [-0.15, -0.1) is 0 Å². The Hall–Kier alpha value is -1.29. The Morgan fingerprint density at radius 3 is 2.50 bits per heavy atom. The van der Waals surface area contributed by atoms with E-state index in [-0.39, 0.29) is 42.2 Å². The van der Waals surface area contributed by atoms with E-state index >= 15 is 0 Å². The monoisotopic (exact) mass is 576 g/mol. The van der Waals surface area contributed by atoms with Gasteiger partial charge in [-0.05, 0) is 25.1 Å². The van der Waals surface area contributed by atoms with Crippen molar-refractivity contribution in [2.75, 3.05) is 19.0 Å². The predicted molar refractivity (Wildman–Crippen MR) is 89.9 cm³/mol. The SMILES string of the molecule is CCNC(=O)/C([C-]=O)=C\Nc1cc(C(=O)OC)ccc1Cl.[CH2-]C.[U+2]. The van der Waals surface area contributed by atoms with Crippen LogP contribution in [0.15, 0.2) is 30.0 Å². The number of anilines is 1. The molecule has 0 radical (unpaired) electrons. The minimum absolute atomic E-state index is 0. The summed E-state index contributed by atoms with van der Waals surface area (Å²) in [5.74, 6) is -1.08. The maximum absolute atomic E-state index is 11.5. The number of ether oxygens (including phenoxy) is 1. The van der Waals surface area contributed by atoms with Gasteiger partial charge in [0.2, 0.25) is 0 Å². The second-order valence-corrected chi connectivity index (χ2v) is 4.26. The van der Waals surface area contributed by atoms with Crippen molar-refractivity contribution < 1.29 is 50.2 Å². The van der Waals surface area contributed by atoms with Gasteiger partial charge in [0.25, 0.3) is 0 Å². The molecule has 1 amide bonds. The van der Waals surface area contributed by atoms with Crippen LogP contribution >= 0.6 is 11.6 Å². The topological polar surface area (TPSA) is 84.5 Å². The Balaban J connectivity index is 0. The summed E-state index contributed by atoms with van der Waals surface area (Å²) >= 11 is 5.97. The van der Waals surface area contributed by atoms with E-state index in [1.165, 1.54) is 37.8 Å². The molecule has 0 aliphatic carbocycles. The first-order valence-corrected chi connectivity index (χ1v) is 7.12. The molecule has 1 aromatic rings. The van der Waals surface area contributed by atoms with Crippen LogP contribution in [0.25, 0.3) is 0 Å². The first-order valence-electron chi connectivity index (χ1n) is 6.75. The van der Waals surface area contributed by atoms with Crippen LogP contribution in [0.2, 0.25) is 5.02 Å². The van der Waals surface area contributed by atoms with Gasteiger partial charge in [-0.3, -0.25) is 0 Å². The second kappa shape index (κ2) is 14.1. The van der Waals surface area contributed by atoms with E-state index in [0.717, 1.165) is 0 Å². The van der Waals surface area contributed by atoms with Gasteiger partial charge in [0.1, 0.15) is 5.91 Å². The molecule has 0 fully saturated rings. The van der Waals surface area contributed by atoms with E-state index in [1.54, 1.807) is 13.8 Å². The van der Waals surface area contributed by atoms with Crippen molar-refractivity contribution in [3.8, 4) is 0 Å². The zero-order chi connectivity index (χ0) is 17.8. The maximum Gasteiger partial charge on any atom is 2.00 e. The van der Waals surface area contributed by atoms with Crippen molar-refractivity contribution in [1.82, 2.24) is 5.32 Å². The van der Waals surface area contributed by atoms with Gasteiger partial charge in [0.05, 0.1) is 24.0 Å². The molecule has 6 nitrogen and oxygen atoms in total. The van der Waals surface area contributed by atoms with Gasteiger partial charge < -0.3 is 31.9 Å². The first kappa shape index (κ1) is 25.0. The molecule has 0 heterocycles. The molecule has 0 spiro atoms. The molecule has 0 bridgehead atoms. The number of hydrogen-bond donors (Lipinski definition) is 2. The standard InChI is InChI=1S/C14H14ClN2O4.C2H5.U/c1-3-16-13(19)10(8-18)7-17-12-6-9(14(20)21-2)4-5-11(12)15;1-2;/h4-7,17H,3H2,1-2H3,(H,16,19);1H2,2H3;/q2*-1;+2/b10-7-;;. The fourth-order valence-electron chi connectivity index (χ4n) is 1.43. The van der Waals surface area contributed by atoms with Crippen molar-refractivity contribution in [1.29, 1.82) is 0 Å². The Kier molecular flexibility index (Phi) is 14.7. The van der Waals surface area contributed by atoms with Crippen LogP contribution in [0.3, 0.4) is 0 Å². The number of likely N-dealkylation sites (N-methyl/N-ethyl adjacent to an activating group) is 1. The summed E-state index contributed by atoms with van der Waals surface area (Å²) in [5.41, 5.74) is 0.431. The predicted octanol–water partition coefficient (Wildman–Crippen LogP) is 2.51. The van der Waals surface area contributed by atoms with Crippen molar-refractivity contribution >= 4 is 35.5 Å². The van der Waals surface area contributed by atoms with Crippen molar-refractivity contribution in [2.45, 2.75) is 13.8 Å². The van der Waals surface area contributed by atoms with E-state index in [0.29, 0.717) is 17.3 Å². The van der Waals surface area contributed by atoms with E-state index in [4.69, 9.17) is 11.6 Å². The number of halogens is 1.